The lowest BCUT2D eigenvalue weighted by Gasteiger charge is -2.12. The molecule has 12 heteroatoms. The van der Waals surface area contributed by atoms with E-state index in [1.165, 1.54) is 0 Å². The summed E-state index contributed by atoms with van der Waals surface area (Å²) in [5.41, 5.74) is -0.148. The van der Waals surface area contributed by atoms with Crippen LogP contribution in [0.5, 0.6) is 0 Å². The molecule has 0 fully saturated rings. The van der Waals surface area contributed by atoms with Gasteiger partial charge in [0.05, 0.1) is 35.0 Å². The van der Waals surface area contributed by atoms with Crippen molar-refractivity contribution in [2.75, 3.05) is 11.1 Å². The fourth-order valence-corrected chi connectivity index (χ4v) is 4.00. The lowest BCUT2D eigenvalue weighted by Crippen LogP contribution is -2.26. The Morgan fingerprint density at radius 1 is 1.09 bits per heavy atom. The van der Waals surface area contributed by atoms with E-state index in [0.29, 0.717) is 17.5 Å². The summed E-state index contributed by atoms with van der Waals surface area (Å²) in [5.74, 6) is -0.309. The normalized spacial score (nSPS) is 11.3. The monoisotopic (exact) mass is 511 g/mol. The van der Waals surface area contributed by atoms with Crippen LogP contribution in [0.4, 0.5) is 18.9 Å². The third-order valence-electron chi connectivity index (χ3n) is 4.66. The summed E-state index contributed by atoms with van der Waals surface area (Å²) < 4.78 is 40.5. The van der Waals surface area contributed by atoms with Crippen molar-refractivity contribution >= 4 is 40.9 Å². The van der Waals surface area contributed by atoms with Gasteiger partial charge in [-0.1, -0.05) is 53.7 Å². The Bertz CT molecular complexity index is 1160. The van der Waals surface area contributed by atoms with Gasteiger partial charge in [0.1, 0.15) is 0 Å². The summed E-state index contributed by atoms with van der Waals surface area (Å²) >= 11 is 6.99. The van der Waals surface area contributed by atoms with E-state index >= 15 is 0 Å². The highest BCUT2D eigenvalue weighted by Crippen LogP contribution is 2.34. The third kappa shape index (κ3) is 6.97. The fourth-order valence-electron chi connectivity index (χ4n) is 3.01. The first-order chi connectivity index (χ1) is 16.2. The third-order valence-corrected chi connectivity index (χ3v) is 5.96. The minimum atomic E-state index is -4.55. The molecule has 0 radical (unpaired) electrons. The van der Waals surface area contributed by atoms with Crippen LogP contribution in [-0.4, -0.2) is 32.3 Å². The van der Waals surface area contributed by atoms with Crippen LogP contribution in [0.25, 0.3) is 0 Å². The number of carbonyl (C=O) groups excluding carboxylic acids is 2. The smallest absolute Gasteiger partial charge is 0.349 e. The Kier molecular flexibility index (Phi) is 8.56. The van der Waals surface area contributed by atoms with Gasteiger partial charge in [-0.25, -0.2) is 0 Å². The molecular weight excluding hydrogens is 491 g/mol. The summed E-state index contributed by atoms with van der Waals surface area (Å²) in [7, 11) is 0. The molecule has 2 amide bonds. The summed E-state index contributed by atoms with van der Waals surface area (Å²) in [6, 6.07) is 12.0. The fraction of sp³-hybridized carbons (Fsp3) is 0.273. The van der Waals surface area contributed by atoms with Crippen LogP contribution >= 0.6 is 23.4 Å². The number of nitrogens with zero attached hydrogens (tertiary/aromatic N) is 3. The summed E-state index contributed by atoms with van der Waals surface area (Å²) in [6.07, 6.45) is -4.32. The molecule has 7 nitrogen and oxygen atoms in total. The second-order valence-corrected chi connectivity index (χ2v) is 8.46. The molecule has 0 saturated carbocycles. The van der Waals surface area contributed by atoms with E-state index in [4.69, 9.17) is 11.6 Å². The van der Waals surface area contributed by atoms with Crippen LogP contribution in [-0.2, 0) is 35.3 Å². The Labute approximate surface area is 203 Å². The van der Waals surface area contributed by atoms with E-state index in [1.807, 2.05) is 37.3 Å². The van der Waals surface area contributed by atoms with Crippen molar-refractivity contribution in [2.24, 2.45) is 0 Å². The molecule has 1 heterocycles. The second-order valence-electron chi connectivity index (χ2n) is 7.11. The zero-order chi connectivity index (χ0) is 24.7. The molecule has 0 aliphatic rings. The number of alkyl halides is 3. The number of halogens is 4. The molecule has 2 aromatic carbocycles. The Balaban J connectivity index is 1.56. The van der Waals surface area contributed by atoms with Gasteiger partial charge in [-0.2, -0.15) is 13.2 Å². The van der Waals surface area contributed by atoms with Gasteiger partial charge in [0.15, 0.2) is 11.0 Å². The van der Waals surface area contributed by atoms with Gasteiger partial charge >= 0.3 is 6.18 Å². The molecule has 3 rings (SSSR count). The molecular formula is C22H21ClF3N5O2S. The molecule has 0 saturated heterocycles. The molecule has 0 atom stereocenters. The van der Waals surface area contributed by atoms with Gasteiger partial charge in [0, 0.05) is 6.54 Å². The zero-order valence-corrected chi connectivity index (χ0v) is 19.6. The molecule has 1 aromatic heterocycles. The Hall–Kier alpha value is -3.05. The number of hydrogen-bond acceptors (Lipinski definition) is 5. The lowest BCUT2D eigenvalue weighted by atomic mass is 10.1. The number of anilines is 1. The standard InChI is InChI=1S/C22H21ClF3N5O2S/c1-2-31-18(12-27-19(32)10-14-6-4-3-5-7-14)29-30-21(31)34-13-20(33)28-17-11-15(22(24,25)26)8-9-16(17)23/h3-9,11H,2,10,12-13H2,1H3,(H,27,32)(H,28,33). The van der Waals surface area contributed by atoms with Gasteiger partial charge < -0.3 is 15.2 Å². The van der Waals surface area contributed by atoms with Crippen molar-refractivity contribution in [2.45, 2.75) is 37.8 Å². The number of thioether (sulfide) groups is 1. The number of hydrogen-bond donors (Lipinski definition) is 2. The minimum Gasteiger partial charge on any atom is -0.349 e. The number of benzene rings is 2. The largest absolute Gasteiger partial charge is 0.416 e. The van der Waals surface area contributed by atoms with Crippen molar-refractivity contribution < 1.29 is 22.8 Å². The van der Waals surface area contributed by atoms with Crippen LogP contribution in [0.1, 0.15) is 23.9 Å². The number of aromatic nitrogens is 3. The highest BCUT2D eigenvalue weighted by Gasteiger charge is 2.31. The Morgan fingerprint density at radius 3 is 2.50 bits per heavy atom. The quantitative estimate of drug-likeness (QED) is 0.411. The predicted octanol–water partition coefficient (Wildman–Crippen LogP) is 4.56. The molecule has 0 unspecified atom stereocenters. The Morgan fingerprint density at radius 2 is 1.82 bits per heavy atom. The molecule has 0 bridgehead atoms. The van der Waals surface area contributed by atoms with Crippen LogP contribution in [0.15, 0.2) is 53.7 Å². The van der Waals surface area contributed by atoms with Crippen molar-refractivity contribution in [1.29, 1.82) is 0 Å². The van der Waals surface area contributed by atoms with Crippen molar-refractivity contribution in [1.82, 2.24) is 20.1 Å². The van der Waals surface area contributed by atoms with Crippen molar-refractivity contribution in [3.05, 3.63) is 70.5 Å². The maximum atomic E-state index is 12.9. The highest BCUT2D eigenvalue weighted by atomic mass is 35.5. The molecule has 0 aliphatic carbocycles. The summed E-state index contributed by atoms with van der Waals surface area (Å²) in [4.78, 5) is 24.5. The number of rotatable bonds is 9. The van der Waals surface area contributed by atoms with Crippen LogP contribution in [0.2, 0.25) is 5.02 Å². The summed E-state index contributed by atoms with van der Waals surface area (Å²) in [6.45, 7) is 2.53. The van der Waals surface area contributed by atoms with E-state index < -0.39 is 17.6 Å². The number of nitrogens with one attached hydrogen (secondary N) is 2. The van der Waals surface area contributed by atoms with E-state index in [0.717, 1.165) is 35.5 Å². The maximum absolute atomic E-state index is 12.9. The molecule has 180 valence electrons. The van der Waals surface area contributed by atoms with E-state index in [-0.39, 0.29) is 35.3 Å². The van der Waals surface area contributed by atoms with Crippen molar-refractivity contribution in [3.8, 4) is 0 Å². The molecule has 0 spiro atoms. The topological polar surface area (TPSA) is 88.9 Å². The van der Waals surface area contributed by atoms with Gasteiger partial charge in [-0.3, -0.25) is 9.59 Å². The zero-order valence-electron chi connectivity index (χ0n) is 18.0. The van der Waals surface area contributed by atoms with Gasteiger partial charge in [0.25, 0.3) is 0 Å². The van der Waals surface area contributed by atoms with Crippen LogP contribution in [0.3, 0.4) is 0 Å². The molecule has 0 aliphatic heterocycles. The second kappa shape index (κ2) is 11.4. The van der Waals surface area contributed by atoms with Gasteiger partial charge in [0.2, 0.25) is 11.8 Å². The molecule has 34 heavy (non-hydrogen) atoms. The molecule has 3 aromatic rings. The average Bonchev–Trinajstić information content (AvgIpc) is 3.19. The number of amides is 2. The van der Waals surface area contributed by atoms with Crippen LogP contribution < -0.4 is 10.6 Å². The van der Waals surface area contributed by atoms with E-state index in [9.17, 15) is 22.8 Å². The van der Waals surface area contributed by atoms with Crippen LogP contribution in [0, 0.1) is 0 Å². The lowest BCUT2D eigenvalue weighted by molar-refractivity contribution is -0.137. The first-order valence-electron chi connectivity index (χ1n) is 10.2. The predicted molar refractivity (Wildman–Crippen MR) is 123 cm³/mol. The highest BCUT2D eigenvalue weighted by molar-refractivity contribution is 7.99. The van der Waals surface area contributed by atoms with Gasteiger partial charge in [-0.05, 0) is 30.7 Å². The first-order valence-corrected chi connectivity index (χ1v) is 11.6. The van der Waals surface area contributed by atoms with Gasteiger partial charge in [-0.15, -0.1) is 10.2 Å². The number of carbonyl (C=O) groups is 2. The van der Waals surface area contributed by atoms with Crippen molar-refractivity contribution in [3.63, 3.8) is 0 Å². The average molecular weight is 512 g/mol. The van der Waals surface area contributed by atoms with E-state index in [2.05, 4.69) is 20.8 Å². The SMILES string of the molecule is CCn1c(CNC(=O)Cc2ccccc2)nnc1SCC(=O)Nc1cc(C(F)(F)F)ccc1Cl. The first kappa shape index (κ1) is 25.6. The minimum absolute atomic E-state index is 0.00314. The molecule has 2 N–H and O–H groups in total. The maximum Gasteiger partial charge on any atom is 0.416 e. The summed E-state index contributed by atoms with van der Waals surface area (Å²) in [5, 5.41) is 13.8. The van der Waals surface area contributed by atoms with E-state index in [1.54, 1.807) is 4.57 Å².